The highest BCUT2D eigenvalue weighted by Gasteiger charge is 2.15. The number of amides is 1. The summed E-state index contributed by atoms with van der Waals surface area (Å²) in [5.74, 6) is -0.454. The van der Waals surface area contributed by atoms with Gasteiger partial charge in [0.15, 0.2) is 6.29 Å². The molecule has 0 aliphatic heterocycles. The molecular weight excluding hydrogens is 286 g/mol. The monoisotopic (exact) mass is 303 g/mol. The lowest BCUT2D eigenvalue weighted by Gasteiger charge is -2.16. The number of benzene rings is 1. The van der Waals surface area contributed by atoms with Gasteiger partial charge in [-0.05, 0) is 23.8 Å². The van der Waals surface area contributed by atoms with Crippen molar-refractivity contribution < 1.29 is 14.3 Å². The van der Waals surface area contributed by atoms with Crippen LogP contribution in [0.3, 0.4) is 0 Å². The number of nitrogens with two attached hydrogens (primary N) is 1. The Kier molecular flexibility index (Phi) is 5.27. The fraction of sp³-hybridized carbons (Fsp3) is 0.188. The second kappa shape index (κ2) is 7.17. The van der Waals surface area contributed by atoms with Gasteiger partial charge in [-0.25, -0.2) is 0 Å². The molecule has 2 N–H and O–H groups in total. The van der Waals surface area contributed by atoms with E-state index < -0.39 is 12.2 Å². The molecule has 0 atom stereocenters. The van der Waals surface area contributed by atoms with E-state index in [4.69, 9.17) is 15.2 Å². The second-order valence-electron chi connectivity index (χ2n) is 4.33. The summed E-state index contributed by atoms with van der Waals surface area (Å²) in [7, 11) is 3.22. The molecule has 110 valence electrons. The maximum Gasteiger partial charge on any atom is 0.241 e. The first-order chi connectivity index (χ1) is 10.2. The van der Waals surface area contributed by atoms with Crippen LogP contribution in [0.2, 0.25) is 0 Å². The minimum atomic E-state index is -0.454. The van der Waals surface area contributed by atoms with Crippen molar-refractivity contribution in [2.24, 2.45) is 5.73 Å². The first-order valence-electron chi connectivity index (χ1n) is 6.38. The van der Waals surface area contributed by atoms with Gasteiger partial charge in [0, 0.05) is 35.6 Å². The summed E-state index contributed by atoms with van der Waals surface area (Å²) in [6.45, 7) is 0. The van der Waals surface area contributed by atoms with E-state index in [0.29, 0.717) is 0 Å². The number of ether oxygens (including phenoxy) is 2. The van der Waals surface area contributed by atoms with E-state index >= 15 is 0 Å². The quantitative estimate of drug-likeness (QED) is 0.658. The van der Waals surface area contributed by atoms with Crippen LogP contribution in [-0.4, -0.2) is 20.1 Å². The molecule has 4 nitrogen and oxygen atoms in total. The summed E-state index contributed by atoms with van der Waals surface area (Å²) in [5.41, 5.74) is 7.12. The van der Waals surface area contributed by atoms with Crippen molar-refractivity contribution in [3.8, 4) is 10.4 Å². The first-order valence-corrected chi connectivity index (χ1v) is 7.19. The summed E-state index contributed by atoms with van der Waals surface area (Å²) >= 11 is 1.57. The number of hydrogen-bond acceptors (Lipinski definition) is 4. The van der Waals surface area contributed by atoms with E-state index in [9.17, 15) is 4.79 Å². The lowest BCUT2D eigenvalue weighted by atomic mass is 10.1. The molecule has 2 rings (SSSR count). The lowest BCUT2D eigenvalue weighted by Crippen LogP contribution is -2.05. The molecule has 0 aliphatic rings. The van der Waals surface area contributed by atoms with Crippen LogP contribution in [0.5, 0.6) is 0 Å². The summed E-state index contributed by atoms with van der Waals surface area (Å²) < 4.78 is 10.7. The molecule has 0 aliphatic carbocycles. The molecule has 0 bridgehead atoms. The van der Waals surface area contributed by atoms with Gasteiger partial charge in [0.25, 0.3) is 0 Å². The molecule has 1 aromatic heterocycles. The maximum atomic E-state index is 10.8. The summed E-state index contributed by atoms with van der Waals surface area (Å²) in [6.07, 6.45) is 2.66. The van der Waals surface area contributed by atoms with Crippen molar-refractivity contribution in [3.63, 3.8) is 0 Å². The summed E-state index contributed by atoms with van der Waals surface area (Å²) in [4.78, 5) is 12.8. The molecule has 0 radical (unpaired) electrons. The average Bonchev–Trinajstić information content (AvgIpc) is 2.96. The predicted octanol–water partition coefficient (Wildman–Crippen LogP) is 3.21. The third kappa shape index (κ3) is 3.78. The number of carbonyl (C=O) groups excluding carboxylic acids is 1. The van der Waals surface area contributed by atoms with Gasteiger partial charge in [0.05, 0.1) is 0 Å². The molecule has 2 aromatic rings. The van der Waals surface area contributed by atoms with Crippen molar-refractivity contribution in [1.29, 1.82) is 0 Å². The minimum absolute atomic E-state index is 0.409. The average molecular weight is 303 g/mol. The van der Waals surface area contributed by atoms with Crippen LogP contribution in [0, 0.1) is 0 Å². The van der Waals surface area contributed by atoms with Gasteiger partial charge in [-0.2, -0.15) is 0 Å². The van der Waals surface area contributed by atoms with Crippen LogP contribution in [0.4, 0.5) is 0 Å². The van der Waals surface area contributed by atoms with Crippen LogP contribution >= 0.6 is 11.3 Å². The van der Waals surface area contributed by atoms with Crippen molar-refractivity contribution >= 4 is 23.3 Å². The van der Waals surface area contributed by atoms with E-state index in [0.717, 1.165) is 20.9 Å². The number of primary amides is 1. The number of rotatable bonds is 6. The Bertz CT molecular complexity index is 644. The highest BCUT2D eigenvalue weighted by atomic mass is 32.1. The molecule has 0 spiro atoms. The molecular formula is C16H17NO3S. The third-order valence-corrected chi connectivity index (χ3v) is 4.03. The van der Waals surface area contributed by atoms with Gasteiger partial charge >= 0.3 is 0 Å². The Balaban J connectivity index is 2.36. The zero-order chi connectivity index (χ0) is 15.2. The first kappa shape index (κ1) is 15.4. The number of thiophene rings is 1. The highest BCUT2D eigenvalue weighted by Crippen LogP contribution is 2.35. The molecule has 0 saturated carbocycles. The smallest absolute Gasteiger partial charge is 0.241 e. The Hall–Kier alpha value is -1.95. The largest absolute Gasteiger partial charge is 0.366 e. The fourth-order valence-corrected chi connectivity index (χ4v) is 2.99. The Labute approximate surface area is 127 Å². The van der Waals surface area contributed by atoms with Crippen molar-refractivity contribution in [3.05, 3.63) is 52.9 Å². The molecule has 0 unspecified atom stereocenters. The molecule has 21 heavy (non-hydrogen) atoms. The van der Waals surface area contributed by atoms with Crippen LogP contribution in [-0.2, 0) is 14.3 Å². The van der Waals surface area contributed by atoms with Crippen molar-refractivity contribution in [1.82, 2.24) is 0 Å². The lowest BCUT2D eigenvalue weighted by molar-refractivity contribution is -0.113. The Morgan fingerprint density at radius 1 is 1.19 bits per heavy atom. The predicted molar refractivity (Wildman–Crippen MR) is 84.7 cm³/mol. The van der Waals surface area contributed by atoms with Crippen LogP contribution in [0.1, 0.15) is 16.7 Å². The zero-order valence-corrected chi connectivity index (χ0v) is 12.7. The van der Waals surface area contributed by atoms with Gasteiger partial charge in [0.2, 0.25) is 5.91 Å². The molecule has 1 aromatic carbocycles. The topological polar surface area (TPSA) is 61.6 Å². The van der Waals surface area contributed by atoms with Gasteiger partial charge in [0.1, 0.15) is 0 Å². The molecule has 0 fully saturated rings. The van der Waals surface area contributed by atoms with E-state index in [1.54, 1.807) is 31.6 Å². The second-order valence-corrected chi connectivity index (χ2v) is 5.44. The van der Waals surface area contributed by atoms with Crippen molar-refractivity contribution in [2.75, 3.05) is 14.2 Å². The van der Waals surface area contributed by atoms with Gasteiger partial charge < -0.3 is 15.2 Å². The van der Waals surface area contributed by atoms with Gasteiger partial charge in [-0.3, -0.25) is 4.79 Å². The zero-order valence-electron chi connectivity index (χ0n) is 11.9. The van der Waals surface area contributed by atoms with Gasteiger partial charge in [-0.15, -0.1) is 11.3 Å². The van der Waals surface area contributed by atoms with E-state index in [-0.39, 0.29) is 0 Å². The SMILES string of the molecule is COC(OC)c1ccccc1-c1ccc(/C=C\C(N)=O)s1. The molecule has 5 heteroatoms. The highest BCUT2D eigenvalue weighted by molar-refractivity contribution is 7.16. The maximum absolute atomic E-state index is 10.8. The van der Waals surface area contributed by atoms with E-state index in [1.807, 2.05) is 36.4 Å². The molecule has 0 saturated heterocycles. The summed E-state index contributed by atoms with van der Waals surface area (Å²) in [5, 5.41) is 0. The standard InChI is InChI=1S/C16H17NO3S/c1-19-16(20-2)13-6-4-3-5-12(13)14-9-7-11(21-14)8-10-15(17)18/h3-10,16H,1-2H3,(H2,17,18)/b10-8-. The van der Waals surface area contributed by atoms with Crippen molar-refractivity contribution in [2.45, 2.75) is 6.29 Å². The number of carbonyl (C=O) groups is 1. The minimum Gasteiger partial charge on any atom is -0.366 e. The molecule has 1 amide bonds. The molecule has 1 heterocycles. The Morgan fingerprint density at radius 3 is 2.57 bits per heavy atom. The van der Waals surface area contributed by atoms with Crippen LogP contribution < -0.4 is 5.73 Å². The van der Waals surface area contributed by atoms with E-state index in [2.05, 4.69) is 0 Å². The van der Waals surface area contributed by atoms with Crippen LogP contribution in [0.15, 0.2) is 42.5 Å². The van der Waals surface area contributed by atoms with Crippen LogP contribution in [0.25, 0.3) is 16.5 Å². The number of hydrogen-bond donors (Lipinski definition) is 1. The normalized spacial score (nSPS) is 11.4. The third-order valence-electron chi connectivity index (χ3n) is 2.95. The fourth-order valence-electron chi connectivity index (χ4n) is 2.03. The number of methoxy groups -OCH3 is 2. The van der Waals surface area contributed by atoms with Gasteiger partial charge in [-0.1, -0.05) is 24.3 Å². The summed E-state index contributed by atoms with van der Waals surface area (Å²) in [6, 6.07) is 11.9. The Morgan fingerprint density at radius 2 is 1.90 bits per heavy atom. The van der Waals surface area contributed by atoms with E-state index in [1.165, 1.54) is 6.08 Å².